The van der Waals surface area contributed by atoms with Crippen molar-refractivity contribution in [1.82, 2.24) is 4.98 Å². The number of para-hydroxylation sites is 1. The van der Waals surface area contributed by atoms with E-state index in [4.69, 9.17) is 16.6 Å². The third-order valence-corrected chi connectivity index (χ3v) is 5.21. The Labute approximate surface area is 162 Å². The summed E-state index contributed by atoms with van der Waals surface area (Å²) in [5.74, 6) is -0.0652. The normalized spacial score (nSPS) is 12.0. The van der Waals surface area contributed by atoms with Gasteiger partial charge in [0.1, 0.15) is 17.2 Å². The SMILES string of the molecule is Cc1ccc(-c2nc(C[NH+](C)CC(=O)Nc3ccccc3Cl)cs2)cc1. The van der Waals surface area contributed by atoms with Crippen molar-refractivity contribution < 1.29 is 9.69 Å². The van der Waals surface area contributed by atoms with Crippen LogP contribution in [0.5, 0.6) is 0 Å². The first-order chi connectivity index (χ1) is 12.5. The Morgan fingerprint density at radius 1 is 1.19 bits per heavy atom. The zero-order valence-corrected chi connectivity index (χ0v) is 16.3. The van der Waals surface area contributed by atoms with Crippen LogP contribution in [0.25, 0.3) is 10.6 Å². The van der Waals surface area contributed by atoms with E-state index in [1.165, 1.54) is 5.56 Å². The number of likely N-dealkylation sites (N-methyl/N-ethyl adjacent to an activating group) is 1. The van der Waals surface area contributed by atoms with Gasteiger partial charge in [0.2, 0.25) is 0 Å². The van der Waals surface area contributed by atoms with Crippen LogP contribution in [0.2, 0.25) is 5.02 Å². The first-order valence-corrected chi connectivity index (χ1v) is 9.64. The van der Waals surface area contributed by atoms with Crippen molar-refractivity contribution in [3.05, 3.63) is 70.2 Å². The summed E-state index contributed by atoms with van der Waals surface area (Å²) < 4.78 is 0. The van der Waals surface area contributed by atoms with Gasteiger partial charge in [-0.3, -0.25) is 4.79 Å². The summed E-state index contributed by atoms with van der Waals surface area (Å²) in [6, 6.07) is 15.6. The maximum Gasteiger partial charge on any atom is 0.279 e. The van der Waals surface area contributed by atoms with Crippen LogP contribution in [0.1, 0.15) is 11.3 Å². The minimum Gasteiger partial charge on any atom is -0.325 e. The van der Waals surface area contributed by atoms with Gasteiger partial charge in [0.15, 0.2) is 6.54 Å². The lowest BCUT2D eigenvalue weighted by Crippen LogP contribution is -3.08. The van der Waals surface area contributed by atoms with E-state index in [0.29, 0.717) is 23.8 Å². The number of hydrogen-bond donors (Lipinski definition) is 2. The average Bonchev–Trinajstić information content (AvgIpc) is 3.05. The molecule has 1 atom stereocenters. The Balaban J connectivity index is 1.56. The summed E-state index contributed by atoms with van der Waals surface area (Å²) in [5.41, 5.74) is 4.00. The number of nitrogens with one attached hydrogen (secondary N) is 2. The lowest BCUT2D eigenvalue weighted by molar-refractivity contribution is -0.885. The second-order valence-corrected chi connectivity index (χ2v) is 7.61. The number of hydrogen-bond acceptors (Lipinski definition) is 3. The number of thiazole rings is 1. The van der Waals surface area contributed by atoms with Gasteiger partial charge >= 0.3 is 0 Å². The topological polar surface area (TPSA) is 46.4 Å². The quantitative estimate of drug-likeness (QED) is 0.681. The predicted molar refractivity (Wildman–Crippen MR) is 108 cm³/mol. The van der Waals surface area contributed by atoms with Gasteiger partial charge in [-0.2, -0.15) is 0 Å². The molecule has 3 aromatic rings. The van der Waals surface area contributed by atoms with Crippen LogP contribution in [0.15, 0.2) is 53.9 Å². The fourth-order valence-electron chi connectivity index (χ4n) is 2.62. The number of rotatable bonds is 6. The summed E-state index contributed by atoms with van der Waals surface area (Å²) in [7, 11) is 1.98. The highest BCUT2D eigenvalue weighted by Gasteiger charge is 2.14. The van der Waals surface area contributed by atoms with Crippen LogP contribution >= 0.6 is 22.9 Å². The summed E-state index contributed by atoms with van der Waals surface area (Å²) >= 11 is 7.71. The highest BCUT2D eigenvalue weighted by atomic mass is 35.5. The van der Waals surface area contributed by atoms with Crippen molar-refractivity contribution in [2.24, 2.45) is 0 Å². The number of aromatic nitrogens is 1. The molecule has 0 bridgehead atoms. The van der Waals surface area contributed by atoms with E-state index in [2.05, 4.69) is 41.9 Å². The van der Waals surface area contributed by atoms with Crippen LogP contribution < -0.4 is 10.2 Å². The molecule has 0 saturated heterocycles. The molecule has 3 rings (SSSR count). The molecule has 1 amide bonds. The van der Waals surface area contributed by atoms with Crippen molar-refractivity contribution in [2.45, 2.75) is 13.5 Å². The number of amides is 1. The number of carbonyl (C=O) groups excluding carboxylic acids is 1. The number of halogens is 1. The van der Waals surface area contributed by atoms with Gasteiger partial charge in [0.05, 0.1) is 17.8 Å². The molecule has 4 nitrogen and oxygen atoms in total. The van der Waals surface area contributed by atoms with Gasteiger partial charge < -0.3 is 10.2 Å². The fourth-order valence-corrected chi connectivity index (χ4v) is 3.63. The van der Waals surface area contributed by atoms with Crippen LogP contribution in [0.3, 0.4) is 0 Å². The van der Waals surface area contributed by atoms with Crippen molar-refractivity contribution in [3.63, 3.8) is 0 Å². The van der Waals surface area contributed by atoms with E-state index < -0.39 is 0 Å². The Hall–Kier alpha value is -2.21. The zero-order chi connectivity index (χ0) is 18.5. The predicted octanol–water partition coefficient (Wildman–Crippen LogP) is 3.43. The third-order valence-electron chi connectivity index (χ3n) is 3.94. The second kappa shape index (κ2) is 8.45. The lowest BCUT2D eigenvalue weighted by atomic mass is 10.2. The number of nitrogens with zero attached hydrogens (tertiary/aromatic N) is 1. The molecule has 0 aliphatic carbocycles. The molecular formula is C20H21ClN3OS+. The van der Waals surface area contributed by atoms with Crippen LogP contribution in [0, 0.1) is 6.92 Å². The smallest absolute Gasteiger partial charge is 0.279 e. The van der Waals surface area contributed by atoms with E-state index in [0.717, 1.165) is 21.2 Å². The van der Waals surface area contributed by atoms with Gasteiger partial charge in [-0.15, -0.1) is 11.3 Å². The van der Waals surface area contributed by atoms with E-state index in [9.17, 15) is 4.79 Å². The van der Waals surface area contributed by atoms with E-state index in [1.54, 1.807) is 23.5 Å². The monoisotopic (exact) mass is 386 g/mol. The Kier molecular flexibility index (Phi) is 6.04. The molecule has 1 heterocycles. The minimum atomic E-state index is -0.0652. The molecule has 0 radical (unpaired) electrons. The van der Waals surface area contributed by atoms with Crippen LogP contribution in [-0.4, -0.2) is 24.5 Å². The highest BCUT2D eigenvalue weighted by molar-refractivity contribution is 7.13. The van der Waals surface area contributed by atoms with Gasteiger partial charge in [-0.05, 0) is 19.1 Å². The molecule has 0 aliphatic rings. The van der Waals surface area contributed by atoms with Gasteiger partial charge in [-0.25, -0.2) is 4.98 Å². The van der Waals surface area contributed by atoms with Crippen LogP contribution in [-0.2, 0) is 11.3 Å². The molecule has 0 aliphatic heterocycles. The van der Waals surface area contributed by atoms with Crippen molar-refractivity contribution in [3.8, 4) is 10.6 Å². The minimum absolute atomic E-state index is 0.0652. The second-order valence-electron chi connectivity index (χ2n) is 6.35. The third kappa shape index (κ3) is 4.91. The van der Waals surface area contributed by atoms with E-state index in [1.807, 2.05) is 19.2 Å². The lowest BCUT2D eigenvalue weighted by Gasteiger charge is -2.13. The molecule has 26 heavy (non-hydrogen) atoms. The molecule has 0 spiro atoms. The van der Waals surface area contributed by atoms with Crippen molar-refractivity contribution in [2.75, 3.05) is 18.9 Å². The molecule has 2 N–H and O–H groups in total. The van der Waals surface area contributed by atoms with Crippen LogP contribution in [0.4, 0.5) is 5.69 Å². The molecule has 0 fully saturated rings. The Morgan fingerprint density at radius 3 is 2.65 bits per heavy atom. The van der Waals surface area contributed by atoms with E-state index >= 15 is 0 Å². The van der Waals surface area contributed by atoms with Crippen molar-refractivity contribution >= 4 is 34.5 Å². The van der Waals surface area contributed by atoms with E-state index in [-0.39, 0.29) is 5.91 Å². The molecular weight excluding hydrogens is 366 g/mol. The number of anilines is 1. The Morgan fingerprint density at radius 2 is 1.92 bits per heavy atom. The number of aryl methyl sites for hydroxylation is 1. The largest absolute Gasteiger partial charge is 0.325 e. The first kappa shape index (κ1) is 18.6. The highest BCUT2D eigenvalue weighted by Crippen LogP contribution is 2.23. The zero-order valence-electron chi connectivity index (χ0n) is 14.8. The van der Waals surface area contributed by atoms with Gasteiger partial charge in [0.25, 0.3) is 5.91 Å². The molecule has 1 unspecified atom stereocenters. The molecule has 0 saturated carbocycles. The molecule has 6 heteroatoms. The summed E-state index contributed by atoms with van der Waals surface area (Å²) in [4.78, 5) is 18.0. The summed E-state index contributed by atoms with van der Waals surface area (Å²) in [6.07, 6.45) is 0. The average molecular weight is 387 g/mol. The summed E-state index contributed by atoms with van der Waals surface area (Å²) in [5, 5.41) is 6.46. The summed E-state index contributed by atoms with van der Waals surface area (Å²) in [6.45, 7) is 3.12. The fraction of sp³-hybridized carbons (Fsp3) is 0.200. The number of benzene rings is 2. The molecule has 1 aromatic heterocycles. The standard InChI is InChI=1S/C20H20ClN3OS/c1-14-7-9-15(10-8-14)20-22-16(13-26-20)11-24(2)12-19(25)23-18-6-4-3-5-17(18)21/h3-10,13H,11-12H2,1-2H3,(H,23,25)/p+1. The van der Waals surface area contributed by atoms with Gasteiger partial charge in [-0.1, -0.05) is 53.6 Å². The first-order valence-electron chi connectivity index (χ1n) is 8.38. The Bertz CT molecular complexity index is 892. The van der Waals surface area contributed by atoms with Crippen molar-refractivity contribution in [1.29, 1.82) is 0 Å². The molecule has 2 aromatic carbocycles. The maximum absolute atomic E-state index is 12.2. The number of carbonyl (C=O) groups is 1. The molecule has 134 valence electrons. The number of quaternary nitrogens is 1. The maximum atomic E-state index is 12.2. The van der Waals surface area contributed by atoms with Gasteiger partial charge in [0, 0.05) is 10.9 Å².